The van der Waals surface area contributed by atoms with Crippen LogP contribution in [-0.2, 0) is 13.1 Å². The lowest BCUT2D eigenvalue weighted by Crippen LogP contribution is -2.59. The lowest BCUT2D eigenvalue weighted by atomic mass is 9.97. The number of amides is 1. The molecule has 0 unspecified atom stereocenters. The number of benzene rings is 1. The molecular formula is C19H27Cl2N3O2. The van der Waals surface area contributed by atoms with Crippen molar-refractivity contribution in [2.24, 2.45) is 5.73 Å². The Labute approximate surface area is 167 Å². The monoisotopic (exact) mass is 399 g/mol. The summed E-state index contributed by atoms with van der Waals surface area (Å²) in [6.45, 7) is 7.87. The van der Waals surface area contributed by atoms with Gasteiger partial charge in [-0.15, -0.1) is 24.8 Å². The van der Waals surface area contributed by atoms with Gasteiger partial charge in [-0.1, -0.05) is 30.3 Å². The van der Waals surface area contributed by atoms with E-state index in [-0.39, 0.29) is 36.3 Å². The molecule has 2 heterocycles. The minimum absolute atomic E-state index is 0. The lowest BCUT2D eigenvalue weighted by Gasteiger charge is -2.47. The number of hydrogen-bond donors (Lipinski definition) is 1. The summed E-state index contributed by atoms with van der Waals surface area (Å²) in [6.07, 6.45) is 1.51. The molecule has 1 saturated heterocycles. The summed E-state index contributed by atoms with van der Waals surface area (Å²) in [6, 6.07) is 12.2. The molecule has 7 heteroatoms. The van der Waals surface area contributed by atoms with Gasteiger partial charge < -0.3 is 15.1 Å². The summed E-state index contributed by atoms with van der Waals surface area (Å²) in [5.74, 6) is 0.659. The van der Waals surface area contributed by atoms with Gasteiger partial charge >= 0.3 is 0 Å². The third-order valence-corrected chi connectivity index (χ3v) is 4.68. The summed E-state index contributed by atoms with van der Waals surface area (Å²) in [5, 5.41) is 0. The highest BCUT2D eigenvalue weighted by Gasteiger charge is 2.36. The zero-order valence-corrected chi connectivity index (χ0v) is 16.8. The molecule has 3 rings (SSSR count). The normalized spacial score (nSPS) is 16.5. The second-order valence-corrected chi connectivity index (χ2v) is 6.95. The molecule has 26 heavy (non-hydrogen) atoms. The minimum atomic E-state index is -0.0792. The van der Waals surface area contributed by atoms with Crippen molar-refractivity contribution in [2.45, 2.75) is 32.5 Å². The van der Waals surface area contributed by atoms with E-state index >= 15 is 0 Å². The molecule has 1 amide bonds. The van der Waals surface area contributed by atoms with Crippen LogP contribution in [0.1, 0.15) is 35.5 Å². The van der Waals surface area contributed by atoms with Crippen molar-refractivity contribution in [3.05, 3.63) is 59.5 Å². The number of nitrogens with two attached hydrogens (primary N) is 1. The van der Waals surface area contributed by atoms with Gasteiger partial charge in [0.1, 0.15) is 12.0 Å². The predicted molar refractivity (Wildman–Crippen MR) is 108 cm³/mol. The third-order valence-electron chi connectivity index (χ3n) is 4.68. The fourth-order valence-corrected chi connectivity index (χ4v) is 3.24. The quantitative estimate of drug-likeness (QED) is 0.856. The maximum atomic E-state index is 12.7. The van der Waals surface area contributed by atoms with Crippen molar-refractivity contribution in [2.75, 3.05) is 19.6 Å². The van der Waals surface area contributed by atoms with Gasteiger partial charge in [0.2, 0.25) is 0 Å². The minimum Gasteiger partial charge on any atom is -0.467 e. The molecule has 0 atom stereocenters. The molecule has 1 aliphatic rings. The van der Waals surface area contributed by atoms with Gasteiger partial charge in [0.05, 0.1) is 12.1 Å². The van der Waals surface area contributed by atoms with Crippen LogP contribution in [0.3, 0.4) is 0 Å². The molecule has 0 spiro atoms. The first-order valence-corrected chi connectivity index (χ1v) is 8.35. The van der Waals surface area contributed by atoms with E-state index in [1.165, 1.54) is 11.8 Å². The molecule has 1 aromatic carbocycles. The summed E-state index contributed by atoms with van der Waals surface area (Å²) in [5.41, 5.74) is 7.36. The Kier molecular flexibility index (Phi) is 8.15. The van der Waals surface area contributed by atoms with Gasteiger partial charge in [-0.05, 0) is 25.5 Å². The number of rotatable bonds is 4. The molecular weight excluding hydrogens is 373 g/mol. The topological polar surface area (TPSA) is 62.7 Å². The summed E-state index contributed by atoms with van der Waals surface area (Å²) in [7, 11) is 0. The maximum Gasteiger partial charge on any atom is 0.257 e. The Morgan fingerprint density at radius 1 is 1.19 bits per heavy atom. The molecule has 1 aromatic heterocycles. The molecule has 144 valence electrons. The van der Waals surface area contributed by atoms with E-state index in [4.69, 9.17) is 10.2 Å². The van der Waals surface area contributed by atoms with Crippen molar-refractivity contribution in [3.63, 3.8) is 0 Å². The van der Waals surface area contributed by atoms with Crippen LogP contribution in [-0.4, -0.2) is 40.9 Å². The van der Waals surface area contributed by atoms with Crippen molar-refractivity contribution in [1.29, 1.82) is 0 Å². The van der Waals surface area contributed by atoms with Crippen LogP contribution in [0.15, 0.2) is 47.1 Å². The predicted octanol–water partition coefficient (Wildman–Crippen LogP) is 3.32. The average Bonchev–Trinajstić information content (AvgIpc) is 3.06. The number of carbonyl (C=O) groups is 1. The molecule has 2 aromatic rings. The van der Waals surface area contributed by atoms with Crippen LogP contribution < -0.4 is 5.73 Å². The van der Waals surface area contributed by atoms with Crippen LogP contribution in [0.25, 0.3) is 0 Å². The molecule has 5 nitrogen and oxygen atoms in total. The smallest absolute Gasteiger partial charge is 0.257 e. The summed E-state index contributed by atoms with van der Waals surface area (Å²) >= 11 is 0. The van der Waals surface area contributed by atoms with Crippen LogP contribution in [0.4, 0.5) is 0 Å². The van der Waals surface area contributed by atoms with E-state index in [0.717, 1.165) is 19.6 Å². The molecule has 1 fully saturated rings. The van der Waals surface area contributed by atoms with Crippen molar-refractivity contribution < 1.29 is 9.21 Å². The Morgan fingerprint density at radius 3 is 2.46 bits per heavy atom. The van der Waals surface area contributed by atoms with E-state index in [2.05, 4.69) is 43.0 Å². The second-order valence-electron chi connectivity index (χ2n) is 6.95. The first kappa shape index (κ1) is 22.5. The van der Waals surface area contributed by atoms with Crippen molar-refractivity contribution >= 4 is 30.7 Å². The van der Waals surface area contributed by atoms with E-state index < -0.39 is 0 Å². The second kappa shape index (κ2) is 9.42. The Morgan fingerprint density at radius 2 is 1.88 bits per heavy atom. The van der Waals surface area contributed by atoms with Crippen molar-refractivity contribution in [3.8, 4) is 0 Å². The Balaban J connectivity index is 0.00000169. The zero-order valence-electron chi connectivity index (χ0n) is 15.2. The molecule has 0 saturated carbocycles. The van der Waals surface area contributed by atoms with Crippen molar-refractivity contribution in [1.82, 2.24) is 9.80 Å². The van der Waals surface area contributed by atoms with Gasteiger partial charge in [-0.3, -0.25) is 9.69 Å². The molecule has 1 aliphatic heterocycles. The number of halogens is 2. The fourth-order valence-electron chi connectivity index (χ4n) is 3.24. The third kappa shape index (κ3) is 5.01. The molecule has 0 bridgehead atoms. The number of furan rings is 1. The number of piperazine rings is 1. The van der Waals surface area contributed by atoms with Crippen LogP contribution >= 0.6 is 24.8 Å². The number of hydrogen-bond acceptors (Lipinski definition) is 4. The van der Waals surface area contributed by atoms with E-state index in [9.17, 15) is 4.79 Å². The van der Waals surface area contributed by atoms with Crippen LogP contribution in [0.2, 0.25) is 0 Å². The number of carbonyl (C=O) groups excluding carboxylic acids is 1. The van der Waals surface area contributed by atoms with E-state index in [0.29, 0.717) is 24.4 Å². The highest BCUT2D eigenvalue weighted by Crippen LogP contribution is 2.24. The molecule has 0 radical (unpaired) electrons. The Hall–Kier alpha value is -1.53. The van der Waals surface area contributed by atoms with E-state index in [1.54, 1.807) is 6.07 Å². The highest BCUT2D eigenvalue weighted by molar-refractivity contribution is 5.94. The standard InChI is InChI=1S/C19H25N3O2.2ClH/c1-19(2)14-21(18(23)16-10-17(11-20)24-13-16)8-9-22(19)12-15-6-4-3-5-7-15;;/h3-7,10,13H,8-9,11-12,14,20H2,1-2H3;2*1H. The van der Waals surface area contributed by atoms with Crippen LogP contribution in [0.5, 0.6) is 0 Å². The van der Waals surface area contributed by atoms with Gasteiger partial charge in [0.15, 0.2) is 0 Å². The average molecular weight is 400 g/mol. The zero-order chi connectivity index (χ0) is 17.2. The summed E-state index contributed by atoms with van der Waals surface area (Å²) in [4.78, 5) is 17.0. The van der Waals surface area contributed by atoms with Gasteiger partial charge in [0.25, 0.3) is 5.91 Å². The Bertz CT molecular complexity index is 704. The van der Waals surface area contributed by atoms with Gasteiger partial charge in [-0.25, -0.2) is 0 Å². The van der Waals surface area contributed by atoms with Gasteiger partial charge in [-0.2, -0.15) is 0 Å². The number of nitrogens with zero attached hydrogens (tertiary/aromatic N) is 2. The first-order valence-electron chi connectivity index (χ1n) is 8.35. The van der Waals surface area contributed by atoms with E-state index in [1.807, 2.05) is 11.0 Å². The molecule has 0 aliphatic carbocycles. The maximum absolute atomic E-state index is 12.7. The van der Waals surface area contributed by atoms with Gasteiger partial charge in [0, 0.05) is 31.7 Å². The lowest BCUT2D eigenvalue weighted by molar-refractivity contribution is 0.0138. The largest absolute Gasteiger partial charge is 0.467 e. The first-order chi connectivity index (χ1) is 11.5. The summed E-state index contributed by atoms with van der Waals surface area (Å²) < 4.78 is 5.29. The fraction of sp³-hybridized carbons (Fsp3) is 0.421. The SMILES string of the molecule is CC1(C)CN(C(=O)c2coc(CN)c2)CCN1Cc1ccccc1.Cl.Cl. The van der Waals surface area contributed by atoms with Crippen LogP contribution in [0, 0.1) is 0 Å². The molecule has 2 N–H and O–H groups in total. The highest BCUT2D eigenvalue weighted by atomic mass is 35.5.